The van der Waals surface area contributed by atoms with E-state index in [9.17, 15) is 9.59 Å². The zero-order chi connectivity index (χ0) is 24.7. The number of rotatable bonds is 5. The molecule has 2 aliphatic rings. The van der Waals surface area contributed by atoms with Crippen molar-refractivity contribution in [2.75, 3.05) is 11.9 Å². The molecule has 2 amide bonds. The van der Waals surface area contributed by atoms with Gasteiger partial charge in [0.15, 0.2) is 0 Å². The van der Waals surface area contributed by atoms with E-state index >= 15 is 4.39 Å². The zero-order valence-corrected chi connectivity index (χ0v) is 20.1. The van der Waals surface area contributed by atoms with Gasteiger partial charge in [-0.1, -0.05) is 25.4 Å². The topological polar surface area (TPSA) is 100 Å². The Morgan fingerprint density at radius 2 is 2.14 bits per heavy atom. The number of urea groups is 1. The zero-order valence-electron chi connectivity index (χ0n) is 19.3. The van der Waals surface area contributed by atoms with Gasteiger partial charge in [0.25, 0.3) is 5.56 Å². The summed E-state index contributed by atoms with van der Waals surface area (Å²) in [7, 11) is 0. The SMILES string of the molecule is CC(C)COc1ccc(-c2cc(F)c(NC(=O)N3[C@H]4CC[C@@H]3c3n[nH]c(=O)cc3C4)cc2Cl)cn1. The first-order chi connectivity index (χ1) is 16.8. The molecule has 1 aromatic carbocycles. The highest BCUT2D eigenvalue weighted by Gasteiger charge is 2.44. The molecule has 8 nitrogen and oxygen atoms in total. The van der Waals surface area contributed by atoms with Crippen LogP contribution >= 0.6 is 11.6 Å². The summed E-state index contributed by atoms with van der Waals surface area (Å²) in [5, 5.41) is 9.58. The third-order valence-electron chi connectivity index (χ3n) is 6.34. The van der Waals surface area contributed by atoms with Crippen LogP contribution in [-0.2, 0) is 6.42 Å². The van der Waals surface area contributed by atoms with E-state index in [4.69, 9.17) is 16.3 Å². The standard InChI is InChI=1S/C25H25ClFN5O3/c1-13(2)12-35-23-6-3-14(11-28-23)17-9-19(27)20(10-18(17)26)29-25(34)32-16-4-5-21(32)24-15(7-16)8-22(33)30-31-24/h3,6,8-11,13,16,21H,4-5,7,12H2,1-2H3,(H,29,34)(H,30,33)/t16-,21+/m0/s1. The molecule has 2 atom stereocenters. The highest BCUT2D eigenvalue weighted by molar-refractivity contribution is 6.33. The maximum Gasteiger partial charge on any atom is 0.322 e. The molecule has 0 radical (unpaired) electrons. The average molecular weight is 498 g/mol. The molecule has 2 aliphatic heterocycles. The minimum absolute atomic E-state index is 0.00628. The van der Waals surface area contributed by atoms with Crippen molar-refractivity contribution < 1.29 is 13.9 Å². The number of fused-ring (bicyclic) bond motifs is 4. The number of anilines is 1. The number of hydrogen-bond donors (Lipinski definition) is 2. The minimum Gasteiger partial charge on any atom is -0.477 e. The lowest BCUT2D eigenvalue weighted by atomic mass is 9.99. The summed E-state index contributed by atoms with van der Waals surface area (Å²) in [6.07, 6.45) is 3.64. The number of aromatic nitrogens is 3. The van der Waals surface area contributed by atoms with E-state index < -0.39 is 11.8 Å². The lowest BCUT2D eigenvalue weighted by Crippen LogP contribution is -2.45. The Labute approximate surface area is 206 Å². The molecule has 0 aliphatic carbocycles. The average Bonchev–Trinajstić information content (AvgIpc) is 3.15. The maximum absolute atomic E-state index is 15.0. The number of ether oxygens (including phenoxy) is 1. The van der Waals surface area contributed by atoms with E-state index in [1.807, 2.05) is 13.8 Å². The Morgan fingerprint density at radius 1 is 1.31 bits per heavy atom. The van der Waals surface area contributed by atoms with E-state index in [0.717, 1.165) is 18.4 Å². The third-order valence-corrected chi connectivity index (χ3v) is 6.65. The van der Waals surface area contributed by atoms with Crippen LogP contribution in [0, 0.1) is 11.7 Å². The Balaban J connectivity index is 1.34. The molecule has 1 saturated heterocycles. The second-order valence-electron chi connectivity index (χ2n) is 9.33. The van der Waals surface area contributed by atoms with E-state index in [2.05, 4.69) is 20.5 Å². The van der Waals surface area contributed by atoms with Crippen molar-refractivity contribution in [2.45, 2.75) is 45.2 Å². The van der Waals surface area contributed by atoms with Crippen LogP contribution in [0.4, 0.5) is 14.9 Å². The van der Waals surface area contributed by atoms with Crippen LogP contribution in [0.25, 0.3) is 11.1 Å². The minimum atomic E-state index is -0.606. The number of halogens is 2. The summed E-state index contributed by atoms with van der Waals surface area (Å²) < 4.78 is 20.6. The number of pyridine rings is 1. The maximum atomic E-state index is 15.0. The number of benzene rings is 1. The van der Waals surface area contributed by atoms with Crippen molar-refractivity contribution in [3.63, 3.8) is 0 Å². The lowest BCUT2D eigenvalue weighted by Gasteiger charge is -2.35. The molecule has 1 fully saturated rings. The molecule has 5 rings (SSSR count). The second-order valence-corrected chi connectivity index (χ2v) is 9.74. The lowest BCUT2D eigenvalue weighted by molar-refractivity contribution is 0.177. The molecule has 10 heteroatoms. The normalized spacial score (nSPS) is 18.5. The van der Waals surface area contributed by atoms with E-state index in [1.165, 1.54) is 12.1 Å². The number of H-pyrrole nitrogens is 1. The van der Waals surface area contributed by atoms with Crippen LogP contribution in [0.1, 0.15) is 44.0 Å². The van der Waals surface area contributed by atoms with Crippen molar-refractivity contribution >= 4 is 23.3 Å². The summed E-state index contributed by atoms with van der Waals surface area (Å²) >= 11 is 6.46. The molecular formula is C25H25ClFN5O3. The molecule has 2 bridgehead atoms. The first kappa shape index (κ1) is 23.3. The van der Waals surface area contributed by atoms with Gasteiger partial charge in [0.1, 0.15) is 5.82 Å². The number of aromatic amines is 1. The van der Waals surface area contributed by atoms with Gasteiger partial charge in [-0.3, -0.25) is 4.79 Å². The summed E-state index contributed by atoms with van der Waals surface area (Å²) in [6, 6.07) is 6.95. The third kappa shape index (κ3) is 4.60. The van der Waals surface area contributed by atoms with E-state index in [1.54, 1.807) is 29.3 Å². The van der Waals surface area contributed by atoms with Gasteiger partial charge in [-0.2, -0.15) is 5.10 Å². The summed E-state index contributed by atoms with van der Waals surface area (Å²) in [6.45, 7) is 4.64. The first-order valence-electron chi connectivity index (χ1n) is 11.6. The van der Waals surface area contributed by atoms with Crippen LogP contribution < -0.4 is 15.6 Å². The summed E-state index contributed by atoms with van der Waals surface area (Å²) in [4.78, 5) is 30.7. The molecule has 35 heavy (non-hydrogen) atoms. The molecule has 3 aromatic rings. The van der Waals surface area contributed by atoms with Gasteiger partial charge in [0, 0.05) is 35.5 Å². The molecule has 4 heterocycles. The quantitative estimate of drug-likeness (QED) is 0.519. The molecule has 182 valence electrons. The van der Waals surface area contributed by atoms with Crippen molar-refractivity contribution in [3.05, 3.63) is 69.0 Å². The fourth-order valence-electron chi connectivity index (χ4n) is 4.74. The van der Waals surface area contributed by atoms with Gasteiger partial charge in [0.05, 0.1) is 29.1 Å². The van der Waals surface area contributed by atoms with E-state index in [0.29, 0.717) is 41.6 Å². The van der Waals surface area contributed by atoms with Gasteiger partial charge < -0.3 is 15.0 Å². The van der Waals surface area contributed by atoms with Crippen molar-refractivity contribution in [1.82, 2.24) is 20.1 Å². The fourth-order valence-corrected chi connectivity index (χ4v) is 5.01. The second kappa shape index (κ2) is 9.30. The number of nitrogens with zero attached hydrogens (tertiary/aromatic N) is 3. The van der Waals surface area contributed by atoms with Crippen LogP contribution in [0.2, 0.25) is 5.02 Å². The van der Waals surface area contributed by atoms with Crippen molar-refractivity contribution in [1.29, 1.82) is 0 Å². The number of nitrogens with one attached hydrogen (secondary N) is 2. The van der Waals surface area contributed by atoms with Gasteiger partial charge in [-0.25, -0.2) is 19.3 Å². The monoisotopic (exact) mass is 497 g/mol. The van der Waals surface area contributed by atoms with Crippen molar-refractivity contribution in [3.8, 4) is 17.0 Å². The van der Waals surface area contributed by atoms with Crippen LogP contribution in [-0.4, -0.2) is 38.8 Å². The summed E-state index contributed by atoms with van der Waals surface area (Å²) in [5.41, 5.74) is 2.38. The number of hydrogen-bond acceptors (Lipinski definition) is 5. The van der Waals surface area contributed by atoms with Gasteiger partial charge >= 0.3 is 6.03 Å². The molecule has 0 unspecified atom stereocenters. The highest BCUT2D eigenvalue weighted by Crippen LogP contribution is 2.42. The number of carbonyl (C=O) groups is 1. The largest absolute Gasteiger partial charge is 0.477 e. The Bertz CT molecular complexity index is 1330. The van der Waals surface area contributed by atoms with Gasteiger partial charge in [-0.15, -0.1) is 0 Å². The predicted octanol–water partition coefficient (Wildman–Crippen LogP) is 4.95. The molecule has 0 spiro atoms. The number of amides is 2. The summed E-state index contributed by atoms with van der Waals surface area (Å²) in [5.74, 6) is 0.252. The smallest absolute Gasteiger partial charge is 0.322 e. The molecular weight excluding hydrogens is 473 g/mol. The van der Waals surface area contributed by atoms with Crippen LogP contribution in [0.3, 0.4) is 0 Å². The number of carbonyl (C=O) groups excluding carboxylic acids is 1. The highest BCUT2D eigenvalue weighted by atomic mass is 35.5. The predicted molar refractivity (Wildman–Crippen MR) is 130 cm³/mol. The Hall–Kier alpha value is -3.46. The van der Waals surface area contributed by atoms with Gasteiger partial charge in [-0.05, 0) is 48.9 Å². The van der Waals surface area contributed by atoms with Crippen LogP contribution in [0.5, 0.6) is 5.88 Å². The first-order valence-corrected chi connectivity index (χ1v) is 11.9. The van der Waals surface area contributed by atoms with Gasteiger partial charge in [0.2, 0.25) is 5.88 Å². The van der Waals surface area contributed by atoms with Crippen LogP contribution in [0.15, 0.2) is 41.3 Å². The fraction of sp³-hybridized carbons (Fsp3) is 0.360. The van der Waals surface area contributed by atoms with E-state index in [-0.39, 0.29) is 28.4 Å². The molecule has 0 saturated carbocycles. The Morgan fingerprint density at radius 3 is 2.89 bits per heavy atom. The molecule has 2 aromatic heterocycles. The molecule has 2 N–H and O–H groups in total. The van der Waals surface area contributed by atoms with Crippen molar-refractivity contribution in [2.24, 2.45) is 5.92 Å². The Kier molecular flexibility index (Phi) is 6.19.